The van der Waals surface area contributed by atoms with Crippen LogP contribution in [0.15, 0.2) is 24.3 Å². The van der Waals surface area contributed by atoms with Crippen LogP contribution in [0.1, 0.15) is 5.56 Å². The maximum absolute atomic E-state index is 11.4. The van der Waals surface area contributed by atoms with Gasteiger partial charge in [-0.25, -0.2) is 4.79 Å². The third-order valence-electron chi connectivity index (χ3n) is 2.10. The Balaban J connectivity index is 2.18. The van der Waals surface area contributed by atoms with Crippen LogP contribution in [0.25, 0.3) is 0 Å². The third-order valence-corrected chi connectivity index (χ3v) is 2.10. The number of hydrogen-bond donors (Lipinski definition) is 3. The first kappa shape index (κ1) is 13.5. The van der Waals surface area contributed by atoms with Crippen LogP contribution in [-0.4, -0.2) is 32.3 Å². The van der Waals surface area contributed by atoms with Gasteiger partial charge in [-0.3, -0.25) is 0 Å². The predicted molar refractivity (Wildman–Crippen MR) is 68.1 cm³/mol. The number of benzene rings is 1. The van der Waals surface area contributed by atoms with Crippen LogP contribution in [0, 0.1) is 6.92 Å². The highest BCUT2D eigenvalue weighted by molar-refractivity contribution is 5.89. The molecule has 0 radical (unpaired) electrons. The van der Waals surface area contributed by atoms with Crippen molar-refractivity contribution in [2.24, 2.45) is 5.73 Å². The van der Waals surface area contributed by atoms with Crippen LogP contribution < -0.4 is 16.4 Å². The molecule has 0 spiro atoms. The van der Waals surface area contributed by atoms with Crippen LogP contribution >= 0.6 is 0 Å². The summed E-state index contributed by atoms with van der Waals surface area (Å²) in [5, 5.41) is 5.42. The Morgan fingerprint density at radius 2 is 2.00 bits per heavy atom. The lowest BCUT2D eigenvalue weighted by Crippen LogP contribution is -2.31. The van der Waals surface area contributed by atoms with E-state index in [1.807, 2.05) is 31.2 Å². The summed E-state index contributed by atoms with van der Waals surface area (Å²) in [5.74, 6) is 0. The van der Waals surface area contributed by atoms with E-state index < -0.39 is 0 Å². The van der Waals surface area contributed by atoms with E-state index in [1.165, 1.54) is 0 Å². The van der Waals surface area contributed by atoms with Gasteiger partial charge in [0, 0.05) is 18.8 Å². The van der Waals surface area contributed by atoms with E-state index in [0.717, 1.165) is 11.3 Å². The van der Waals surface area contributed by atoms with Crippen molar-refractivity contribution >= 4 is 11.7 Å². The normalized spacial score (nSPS) is 10.0. The van der Waals surface area contributed by atoms with Gasteiger partial charge in [-0.05, 0) is 19.1 Å². The quantitative estimate of drug-likeness (QED) is 0.648. The van der Waals surface area contributed by atoms with Gasteiger partial charge in [0.25, 0.3) is 0 Å². The molecule has 94 valence electrons. The Hall–Kier alpha value is -1.59. The molecular weight excluding hydrogens is 218 g/mol. The highest BCUT2D eigenvalue weighted by Gasteiger charge is 1.99. The van der Waals surface area contributed by atoms with E-state index in [4.69, 9.17) is 10.5 Å². The highest BCUT2D eigenvalue weighted by atomic mass is 16.5. The lowest BCUT2D eigenvalue weighted by molar-refractivity contribution is 0.144. The summed E-state index contributed by atoms with van der Waals surface area (Å²) in [5.41, 5.74) is 7.19. The highest BCUT2D eigenvalue weighted by Crippen LogP contribution is 2.07. The molecule has 0 heterocycles. The fourth-order valence-electron chi connectivity index (χ4n) is 1.23. The zero-order valence-electron chi connectivity index (χ0n) is 10.0. The molecule has 0 atom stereocenters. The van der Waals surface area contributed by atoms with Gasteiger partial charge in [-0.2, -0.15) is 0 Å². The molecule has 0 aliphatic rings. The Bertz CT molecular complexity index is 338. The summed E-state index contributed by atoms with van der Waals surface area (Å²) < 4.78 is 5.13. The van der Waals surface area contributed by atoms with Crippen molar-refractivity contribution in [2.75, 3.05) is 31.6 Å². The Morgan fingerprint density at radius 3 is 2.65 bits per heavy atom. The fourth-order valence-corrected chi connectivity index (χ4v) is 1.23. The molecule has 4 N–H and O–H groups in total. The van der Waals surface area contributed by atoms with Crippen LogP contribution in [-0.2, 0) is 4.74 Å². The third kappa shape index (κ3) is 5.89. The van der Waals surface area contributed by atoms with Gasteiger partial charge < -0.3 is 21.1 Å². The van der Waals surface area contributed by atoms with Crippen molar-refractivity contribution in [3.63, 3.8) is 0 Å². The first-order valence-electron chi connectivity index (χ1n) is 5.61. The monoisotopic (exact) mass is 237 g/mol. The number of carbonyl (C=O) groups is 1. The number of amides is 2. The lowest BCUT2D eigenvalue weighted by atomic mass is 10.2. The number of anilines is 1. The van der Waals surface area contributed by atoms with E-state index in [0.29, 0.717) is 26.3 Å². The number of urea groups is 1. The van der Waals surface area contributed by atoms with E-state index >= 15 is 0 Å². The smallest absolute Gasteiger partial charge is 0.319 e. The largest absolute Gasteiger partial charge is 0.378 e. The van der Waals surface area contributed by atoms with Gasteiger partial charge in [0.05, 0.1) is 13.2 Å². The summed E-state index contributed by atoms with van der Waals surface area (Å²) >= 11 is 0. The molecule has 0 saturated heterocycles. The molecule has 0 aromatic heterocycles. The van der Waals surface area contributed by atoms with Crippen molar-refractivity contribution in [1.29, 1.82) is 0 Å². The average molecular weight is 237 g/mol. The molecule has 5 heteroatoms. The molecule has 0 saturated carbocycles. The molecule has 0 aliphatic heterocycles. The number of carbonyl (C=O) groups excluding carboxylic acids is 1. The van der Waals surface area contributed by atoms with Crippen molar-refractivity contribution < 1.29 is 9.53 Å². The number of nitrogens with one attached hydrogen (secondary N) is 2. The Kier molecular flexibility index (Phi) is 6.06. The van der Waals surface area contributed by atoms with Crippen LogP contribution in [0.2, 0.25) is 0 Å². The second-order valence-electron chi connectivity index (χ2n) is 3.65. The Morgan fingerprint density at radius 1 is 1.29 bits per heavy atom. The molecular formula is C12H19N3O2. The first-order valence-corrected chi connectivity index (χ1v) is 5.61. The zero-order chi connectivity index (χ0) is 12.5. The van der Waals surface area contributed by atoms with Crippen LogP contribution in [0.3, 0.4) is 0 Å². The van der Waals surface area contributed by atoms with Crippen molar-refractivity contribution in [3.8, 4) is 0 Å². The van der Waals surface area contributed by atoms with Crippen molar-refractivity contribution in [3.05, 3.63) is 29.8 Å². The summed E-state index contributed by atoms with van der Waals surface area (Å²) in [4.78, 5) is 11.4. The lowest BCUT2D eigenvalue weighted by Gasteiger charge is -2.08. The van der Waals surface area contributed by atoms with Gasteiger partial charge in [0.1, 0.15) is 0 Å². The minimum atomic E-state index is -0.231. The summed E-state index contributed by atoms with van der Waals surface area (Å²) in [6, 6.07) is 7.38. The molecule has 5 nitrogen and oxygen atoms in total. The van der Waals surface area contributed by atoms with Gasteiger partial charge in [0.15, 0.2) is 0 Å². The molecule has 1 rings (SSSR count). The van der Waals surface area contributed by atoms with Gasteiger partial charge in [-0.15, -0.1) is 0 Å². The second-order valence-corrected chi connectivity index (χ2v) is 3.65. The molecule has 2 amide bonds. The standard InChI is InChI=1S/C12H19N3O2/c1-10-2-4-11(5-3-10)15-12(16)14-7-9-17-8-6-13/h2-5H,6-9,13H2,1H3,(H2,14,15,16). The molecule has 0 fully saturated rings. The topological polar surface area (TPSA) is 76.4 Å². The number of nitrogens with two attached hydrogens (primary N) is 1. The maximum atomic E-state index is 11.4. The number of aryl methyl sites for hydroxylation is 1. The molecule has 0 bridgehead atoms. The molecule has 1 aromatic rings. The summed E-state index contributed by atoms with van der Waals surface area (Å²) in [7, 11) is 0. The van der Waals surface area contributed by atoms with Crippen molar-refractivity contribution in [1.82, 2.24) is 5.32 Å². The maximum Gasteiger partial charge on any atom is 0.319 e. The average Bonchev–Trinajstić information content (AvgIpc) is 2.32. The molecule has 0 unspecified atom stereocenters. The van der Waals surface area contributed by atoms with E-state index in [-0.39, 0.29) is 6.03 Å². The molecule has 17 heavy (non-hydrogen) atoms. The molecule has 1 aromatic carbocycles. The minimum absolute atomic E-state index is 0.231. The van der Waals surface area contributed by atoms with Gasteiger partial charge in [0.2, 0.25) is 0 Å². The predicted octanol–water partition coefficient (Wildman–Crippen LogP) is 1.09. The van der Waals surface area contributed by atoms with E-state index in [1.54, 1.807) is 0 Å². The number of rotatable bonds is 6. The SMILES string of the molecule is Cc1ccc(NC(=O)NCCOCCN)cc1. The second kappa shape index (κ2) is 7.65. The van der Waals surface area contributed by atoms with E-state index in [9.17, 15) is 4.79 Å². The number of ether oxygens (including phenoxy) is 1. The summed E-state index contributed by atoms with van der Waals surface area (Å²) in [6.07, 6.45) is 0. The van der Waals surface area contributed by atoms with Crippen LogP contribution in [0.4, 0.5) is 10.5 Å². The zero-order valence-corrected chi connectivity index (χ0v) is 10.0. The van der Waals surface area contributed by atoms with E-state index in [2.05, 4.69) is 10.6 Å². The minimum Gasteiger partial charge on any atom is -0.378 e. The van der Waals surface area contributed by atoms with Gasteiger partial charge >= 0.3 is 6.03 Å². The Labute approximate surface area is 101 Å². The molecule has 0 aliphatic carbocycles. The van der Waals surface area contributed by atoms with Crippen molar-refractivity contribution in [2.45, 2.75) is 6.92 Å². The first-order chi connectivity index (χ1) is 8.22. The fraction of sp³-hybridized carbons (Fsp3) is 0.417. The van der Waals surface area contributed by atoms with Gasteiger partial charge in [-0.1, -0.05) is 17.7 Å². The number of hydrogen-bond acceptors (Lipinski definition) is 3. The van der Waals surface area contributed by atoms with Crippen LogP contribution in [0.5, 0.6) is 0 Å². The summed E-state index contributed by atoms with van der Waals surface area (Å²) in [6.45, 7) is 3.95.